The number of phenols is 2. The van der Waals surface area contributed by atoms with E-state index in [0.29, 0.717) is 11.5 Å². The number of anilines is 1. The molecular weight excluding hydrogens is 500 g/mol. The van der Waals surface area contributed by atoms with Gasteiger partial charge in [-0.1, -0.05) is 53.5 Å². The molecule has 194 valence electrons. The quantitative estimate of drug-likeness (QED) is 0.271. The number of aromatic nitrogens is 1. The second kappa shape index (κ2) is 12.5. The summed E-state index contributed by atoms with van der Waals surface area (Å²) in [5, 5.41) is 22.1. The molecule has 0 aliphatic carbocycles. The Morgan fingerprint density at radius 2 is 1.57 bits per heavy atom. The lowest BCUT2D eigenvalue weighted by Gasteiger charge is -2.22. The molecule has 0 saturated carbocycles. The lowest BCUT2D eigenvalue weighted by Crippen LogP contribution is -2.39. The van der Waals surface area contributed by atoms with E-state index >= 15 is 0 Å². The van der Waals surface area contributed by atoms with Gasteiger partial charge in [-0.05, 0) is 58.5 Å². The predicted molar refractivity (Wildman–Crippen MR) is 157 cm³/mol. The first-order valence-corrected chi connectivity index (χ1v) is 13.9. The maximum absolute atomic E-state index is 9.89. The van der Waals surface area contributed by atoms with Crippen molar-refractivity contribution in [3.63, 3.8) is 0 Å². The summed E-state index contributed by atoms with van der Waals surface area (Å²) in [4.78, 5) is 7.74. The van der Waals surface area contributed by atoms with Crippen LogP contribution in [0.5, 0.6) is 11.5 Å². The van der Waals surface area contributed by atoms with Crippen LogP contribution in [-0.2, 0) is 6.54 Å². The normalized spacial score (nSPS) is 15.2. The first-order chi connectivity index (χ1) is 17.8. The van der Waals surface area contributed by atoms with Crippen LogP contribution in [0.25, 0.3) is 16.3 Å². The molecule has 4 rings (SSSR count). The number of phenolic OH excluding ortho intramolecular Hbond substituents is 2. The Bertz CT molecular complexity index is 1360. The molecule has 0 saturated heterocycles. The third-order valence-electron chi connectivity index (χ3n) is 5.89. The molecule has 1 aromatic heterocycles. The van der Waals surface area contributed by atoms with Gasteiger partial charge in [0.2, 0.25) is 5.52 Å². The molecule has 0 unspecified atom stereocenters. The molecule has 8 heteroatoms. The topological polar surface area (TPSA) is 54.1 Å². The lowest BCUT2D eigenvalue weighted by atomic mass is 10.2. The van der Waals surface area contributed by atoms with E-state index in [2.05, 4.69) is 71.8 Å². The summed E-state index contributed by atoms with van der Waals surface area (Å²) >= 11 is 3.37. The van der Waals surface area contributed by atoms with Crippen molar-refractivity contribution in [2.45, 2.75) is 11.4 Å². The Morgan fingerprint density at radius 3 is 2.35 bits per heavy atom. The van der Waals surface area contributed by atoms with Gasteiger partial charge in [0.1, 0.15) is 16.2 Å². The number of hydrogen-bond donors (Lipinski definition) is 2. The van der Waals surface area contributed by atoms with Crippen LogP contribution in [0.3, 0.4) is 0 Å². The summed E-state index contributed by atoms with van der Waals surface area (Å²) in [6.07, 6.45) is 14.5. The van der Waals surface area contributed by atoms with E-state index in [-0.39, 0.29) is 0 Å². The van der Waals surface area contributed by atoms with Gasteiger partial charge in [-0.3, -0.25) is 0 Å². The number of nitrogens with zero attached hydrogens (tertiary/aromatic N) is 4. The van der Waals surface area contributed by atoms with Crippen molar-refractivity contribution in [3.05, 3.63) is 82.9 Å². The summed E-state index contributed by atoms with van der Waals surface area (Å²) in [6.45, 7) is 3.66. The van der Waals surface area contributed by atoms with Gasteiger partial charge >= 0.3 is 0 Å². The highest BCUT2D eigenvalue weighted by Crippen LogP contribution is 2.47. The van der Waals surface area contributed by atoms with Crippen LogP contribution < -0.4 is 9.47 Å². The maximum atomic E-state index is 9.89. The Labute approximate surface area is 227 Å². The lowest BCUT2D eigenvalue weighted by molar-refractivity contribution is -0.668. The summed E-state index contributed by atoms with van der Waals surface area (Å²) in [7, 11) is 8.31. The van der Waals surface area contributed by atoms with Gasteiger partial charge in [-0.15, -0.1) is 0 Å². The molecule has 0 fully saturated rings. The Morgan fingerprint density at radius 1 is 0.865 bits per heavy atom. The van der Waals surface area contributed by atoms with Gasteiger partial charge in [-0.2, -0.15) is 4.57 Å². The minimum Gasteiger partial charge on any atom is -0.508 e. The van der Waals surface area contributed by atoms with Crippen molar-refractivity contribution in [2.75, 3.05) is 52.7 Å². The summed E-state index contributed by atoms with van der Waals surface area (Å²) in [6, 6.07) is 11.1. The molecule has 37 heavy (non-hydrogen) atoms. The Balaban J connectivity index is 1.45. The number of fused-ring (bicyclic) bond motifs is 2. The van der Waals surface area contributed by atoms with Crippen LogP contribution >= 0.6 is 23.1 Å². The fourth-order valence-corrected chi connectivity index (χ4v) is 6.23. The van der Waals surface area contributed by atoms with E-state index in [1.165, 1.54) is 0 Å². The molecule has 2 aromatic carbocycles. The van der Waals surface area contributed by atoms with E-state index in [4.69, 9.17) is 0 Å². The molecule has 3 aromatic rings. The monoisotopic (exact) mass is 535 g/mol. The maximum Gasteiger partial charge on any atom is 0.262 e. The number of thioether (sulfide) groups is 1. The number of likely N-dealkylation sites (N-methyl/N-ethyl adjacent to an activating group) is 2. The minimum absolute atomic E-state index is 0.295. The SMILES string of the molecule is CN(C)CCN1/C(=C/C=C/C=C/C=C/c2sc3cc(O)ccc3[n+]2CCN(C)C)Sc2cc(O)ccc21. The zero-order chi connectivity index (χ0) is 26.4. The zero-order valence-corrected chi connectivity index (χ0v) is 23.5. The molecule has 0 bridgehead atoms. The van der Waals surface area contributed by atoms with Crippen molar-refractivity contribution in [2.24, 2.45) is 0 Å². The molecule has 2 N–H and O–H groups in total. The number of hydrogen-bond acceptors (Lipinski definition) is 7. The molecule has 0 amide bonds. The van der Waals surface area contributed by atoms with E-state index in [1.54, 1.807) is 35.2 Å². The standard InChI is InChI=1S/C29H34N4O2S2/c1-30(2)16-18-32-24-14-12-22(34)20-26(24)36-28(32)10-8-6-5-7-9-11-29-33(19-17-31(3)4)25-15-13-23(35)21-27(25)37-29/h5-15,20-21H,16-19H2,1-4H3,(H-,34,35)/p+1. The van der Waals surface area contributed by atoms with E-state index in [1.807, 2.05) is 42.5 Å². The van der Waals surface area contributed by atoms with Crippen molar-refractivity contribution in [3.8, 4) is 11.5 Å². The fourth-order valence-electron chi connectivity index (χ4n) is 3.97. The molecule has 2 heterocycles. The second-order valence-corrected chi connectivity index (χ2v) is 11.5. The zero-order valence-electron chi connectivity index (χ0n) is 21.8. The molecule has 0 spiro atoms. The number of rotatable bonds is 10. The van der Waals surface area contributed by atoms with Gasteiger partial charge < -0.3 is 24.9 Å². The highest BCUT2D eigenvalue weighted by molar-refractivity contribution is 8.03. The molecule has 0 radical (unpaired) electrons. The highest BCUT2D eigenvalue weighted by atomic mass is 32.2. The van der Waals surface area contributed by atoms with Gasteiger partial charge in [0, 0.05) is 36.2 Å². The van der Waals surface area contributed by atoms with Crippen LogP contribution in [0.15, 0.2) is 82.8 Å². The Kier molecular flexibility index (Phi) is 9.10. The van der Waals surface area contributed by atoms with Gasteiger partial charge in [0.15, 0.2) is 6.54 Å². The molecule has 0 atom stereocenters. The van der Waals surface area contributed by atoms with Crippen LogP contribution in [0, 0.1) is 0 Å². The number of thiazole rings is 1. The summed E-state index contributed by atoms with van der Waals surface area (Å²) < 4.78 is 3.38. The summed E-state index contributed by atoms with van der Waals surface area (Å²) in [5.41, 5.74) is 2.28. The molecular formula is C29H35N4O2S2+. The summed E-state index contributed by atoms with van der Waals surface area (Å²) in [5.74, 6) is 0.590. The number of aromatic hydroxyl groups is 2. The van der Waals surface area contributed by atoms with E-state index in [9.17, 15) is 10.2 Å². The third-order valence-corrected chi connectivity index (χ3v) is 8.12. The molecule has 6 nitrogen and oxygen atoms in total. The van der Waals surface area contributed by atoms with Crippen LogP contribution in [0.4, 0.5) is 5.69 Å². The van der Waals surface area contributed by atoms with Crippen LogP contribution in [0.1, 0.15) is 5.01 Å². The average Bonchev–Trinajstić information content (AvgIpc) is 3.36. The number of allylic oxidation sites excluding steroid dienone is 6. The molecule has 1 aliphatic rings. The predicted octanol–water partition coefficient (Wildman–Crippen LogP) is 5.30. The fraction of sp³-hybridized carbons (Fsp3) is 0.276. The second-order valence-electron chi connectivity index (χ2n) is 9.39. The largest absolute Gasteiger partial charge is 0.508 e. The van der Waals surface area contributed by atoms with Crippen LogP contribution in [-0.4, -0.2) is 67.8 Å². The highest BCUT2D eigenvalue weighted by Gasteiger charge is 2.25. The molecule has 1 aliphatic heterocycles. The first-order valence-electron chi connectivity index (χ1n) is 12.3. The third kappa shape index (κ3) is 7.05. The van der Waals surface area contributed by atoms with Crippen molar-refractivity contribution in [1.82, 2.24) is 9.80 Å². The Hall–Kier alpha value is -3.04. The van der Waals surface area contributed by atoms with Crippen molar-refractivity contribution >= 4 is 45.1 Å². The van der Waals surface area contributed by atoms with E-state index < -0.39 is 0 Å². The van der Waals surface area contributed by atoms with Crippen LogP contribution in [0.2, 0.25) is 0 Å². The average molecular weight is 536 g/mol. The van der Waals surface area contributed by atoms with E-state index in [0.717, 1.165) is 57.0 Å². The van der Waals surface area contributed by atoms with Gasteiger partial charge in [0.25, 0.3) is 5.01 Å². The minimum atomic E-state index is 0.295. The van der Waals surface area contributed by atoms with Crippen molar-refractivity contribution < 1.29 is 14.8 Å². The van der Waals surface area contributed by atoms with Crippen molar-refractivity contribution in [1.29, 1.82) is 0 Å². The number of benzene rings is 2. The smallest absolute Gasteiger partial charge is 0.262 e. The van der Waals surface area contributed by atoms with Gasteiger partial charge in [-0.25, -0.2) is 0 Å². The first kappa shape index (κ1) is 27.0. The van der Waals surface area contributed by atoms with Gasteiger partial charge in [0.05, 0.1) is 17.3 Å².